The summed E-state index contributed by atoms with van der Waals surface area (Å²) in [5.74, 6) is -0.0578. The zero-order chi connectivity index (χ0) is 26.3. The maximum absolute atomic E-state index is 13.6. The number of hydrogen-bond acceptors (Lipinski definition) is 4. The molecule has 8 heteroatoms. The predicted molar refractivity (Wildman–Crippen MR) is 146 cm³/mol. The third kappa shape index (κ3) is 4.24. The lowest BCUT2D eigenvalue weighted by atomic mass is 10.0. The van der Waals surface area contributed by atoms with Crippen molar-refractivity contribution in [3.63, 3.8) is 0 Å². The van der Waals surface area contributed by atoms with Crippen LogP contribution >= 0.6 is 0 Å². The quantitative estimate of drug-likeness (QED) is 0.388. The molecule has 0 aliphatic carbocycles. The van der Waals surface area contributed by atoms with Crippen LogP contribution in [0.25, 0.3) is 33.1 Å². The number of aromatic nitrogens is 4. The van der Waals surface area contributed by atoms with Crippen LogP contribution in [0.3, 0.4) is 0 Å². The van der Waals surface area contributed by atoms with Crippen LogP contribution in [0.15, 0.2) is 76.3 Å². The van der Waals surface area contributed by atoms with Gasteiger partial charge in [-0.1, -0.05) is 68.4 Å². The summed E-state index contributed by atoms with van der Waals surface area (Å²) < 4.78 is 4.50. The first-order chi connectivity index (χ1) is 17.8. The zero-order valence-corrected chi connectivity index (χ0v) is 21.4. The molecule has 5 rings (SSSR count). The molecule has 188 valence electrons. The maximum Gasteiger partial charge on any atom is 0.332 e. The maximum atomic E-state index is 13.6. The van der Waals surface area contributed by atoms with Crippen LogP contribution in [0.1, 0.15) is 29.8 Å². The Bertz CT molecular complexity index is 1770. The van der Waals surface area contributed by atoms with Gasteiger partial charge in [0.1, 0.15) is 5.39 Å². The molecule has 0 bridgehead atoms. The van der Waals surface area contributed by atoms with E-state index >= 15 is 0 Å². The normalized spacial score (nSPS) is 11.5. The second-order valence-corrected chi connectivity index (χ2v) is 9.65. The van der Waals surface area contributed by atoms with E-state index in [1.54, 1.807) is 34.5 Å². The van der Waals surface area contributed by atoms with Crippen molar-refractivity contribution in [1.82, 2.24) is 24.2 Å². The average molecular weight is 496 g/mol. The highest BCUT2D eigenvalue weighted by Crippen LogP contribution is 2.29. The van der Waals surface area contributed by atoms with Crippen LogP contribution in [0.5, 0.6) is 0 Å². The first-order valence-corrected chi connectivity index (χ1v) is 12.3. The van der Waals surface area contributed by atoms with Crippen LogP contribution in [0.4, 0.5) is 0 Å². The van der Waals surface area contributed by atoms with Crippen molar-refractivity contribution in [2.45, 2.75) is 26.9 Å². The first kappa shape index (κ1) is 24.2. The molecule has 0 saturated carbocycles. The van der Waals surface area contributed by atoms with Crippen LogP contribution in [0, 0.1) is 5.92 Å². The summed E-state index contributed by atoms with van der Waals surface area (Å²) in [6.45, 7) is 4.84. The van der Waals surface area contributed by atoms with E-state index in [4.69, 9.17) is 5.10 Å². The summed E-state index contributed by atoms with van der Waals surface area (Å²) in [4.78, 5) is 39.1. The second kappa shape index (κ2) is 9.54. The van der Waals surface area contributed by atoms with Gasteiger partial charge in [-0.15, -0.1) is 0 Å². The van der Waals surface area contributed by atoms with Gasteiger partial charge in [0.2, 0.25) is 0 Å². The minimum Gasteiger partial charge on any atom is -0.355 e. The van der Waals surface area contributed by atoms with Gasteiger partial charge in [0, 0.05) is 31.8 Å². The molecule has 0 saturated heterocycles. The van der Waals surface area contributed by atoms with Crippen molar-refractivity contribution < 1.29 is 4.79 Å². The fraction of sp³-hybridized carbons (Fsp3) is 0.241. The summed E-state index contributed by atoms with van der Waals surface area (Å²) >= 11 is 0. The highest BCUT2D eigenvalue weighted by molar-refractivity contribution is 5.97. The van der Waals surface area contributed by atoms with E-state index in [1.807, 2.05) is 44.2 Å². The Labute approximate surface area is 213 Å². The zero-order valence-electron chi connectivity index (χ0n) is 21.4. The van der Waals surface area contributed by atoms with Gasteiger partial charge in [0.05, 0.1) is 12.2 Å². The van der Waals surface area contributed by atoms with Crippen LogP contribution in [-0.4, -0.2) is 31.9 Å². The molecule has 1 N–H and O–H groups in total. The van der Waals surface area contributed by atoms with E-state index in [2.05, 4.69) is 23.5 Å². The van der Waals surface area contributed by atoms with E-state index in [9.17, 15) is 14.4 Å². The standard InChI is InChI=1S/C29H29N5O3/c1-18(2)16-33-26-24(28(36)32(4)29(33)37)25(20-11-8-12-21(15-20)27(35)30-3)34(31-26)17-22-13-7-10-19-9-5-6-14-23(19)22/h5-15,18H,16-17H2,1-4H3,(H,30,35). The molecular weight excluding hydrogens is 466 g/mol. The predicted octanol–water partition coefficient (Wildman–Crippen LogP) is 3.78. The van der Waals surface area contributed by atoms with Crippen LogP contribution in [0.2, 0.25) is 0 Å². The fourth-order valence-electron chi connectivity index (χ4n) is 4.84. The van der Waals surface area contributed by atoms with E-state index in [0.29, 0.717) is 40.9 Å². The van der Waals surface area contributed by atoms with Gasteiger partial charge in [-0.25, -0.2) is 4.79 Å². The number of fused-ring (bicyclic) bond motifs is 2. The lowest BCUT2D eigenvalue weighted by molar-refractivity contribution is 0.0963. The Morgan fingerprint density at radius 3 is 2.49 bits per heavy atom. The number of carbonyl (C=O) groups excluding carboxylic acids is 1. The van der Waals surface area contributed by atoms with E-state index in [0.717, 1.165) is 20.9 Å². The lowest BCUT2D eigenvalue weighted by Gasteiger charge is -2.12. The summed E-state index contributed by atoms with van der Waals surface area (Å²) in [6, 6.07) is 21.3. The summed E-state index contributed by atoms with van der Waals surface area (Å²) in [6.07, 6.45) is 0. The number of hydrogen-bond donors (Lipinski definition) is 1. The Morgan fingerprint density at radius 1 is 1.00 bits per heavy atom. The molecule has 8 nitrogen and oxygen atoms in total. The number of carbonyl (C=O) groups is 1. The Hall–Kier alpha value is -4.46. The average Bonchev–Trinajstić information content (AvgIpc) is 3.28. The molecule has 0 aliphatic rings. The molecule has 5 aromatic rings. The number of rotatable bonds is 6. The fourth-order valence-corrected chi connectivity index (χ4v) is 4.84. The number of nitrogens with one attached hydrogen (secondary N) is 1. The molecule has 2 aromatic heterocycles. The first-order valence-electron chi connectivity index (χ1n) is 12.3. The van der Waals surface area contributed by atoms with Crippen molar-refractivity contribution in [2.75, 3.05) is 7.05 Å². The Morgan fingerprint density at radius 2 is 1.73 bits per heavy atom. The molecule has 1 amide bonds. The van der Waals surface area contributed by atoms with Gasteiger partial charge in [-0.2, -0.15) is 5.10 Å². The van der Waals surface area contributed by atoms with Crippen molar-refractivity contribution in [3.05, 3.63) is 98.7 Å². The van der Waals surface area contributed by atoms with E-state index in [1.165, 1.54) is 7.05 Å². The Balaban J connectivity index is 1.85. The smallest absolute Gasteiger partial charge is 0.332 e. The largest absolute Gasteiger partial charge is 0.355 e. The highest BCUT2D eigenvalue weighted by Gasteiger charge is 2.23. The van der Waals surface area contributed by atoms with Crippen molar-refractivity contribution in [3.8, 4) is 11.3 Å². The molecular formula is C29H29N5O3. The third-order valence-electron chi connectivity index (χ3n) is 6.60. The number of benzene rings is 3. The second-order valence-electron chi connectivity index (χ2n) is 9.65. The molecule has 0 radical (unpaired) electrons. The Kier molecular flexibility index (Phi) is 6.25. The van der Waals surface area contributed by atoms with Gasteiger partial charge in [-0.3, -0.25) is 23.4 Å². The molecule has 3 aromatic carbocycles. The number of amides is 1. The van der Waals surface area contributed by atoms with E-state index < -0.39 is 11.2 Å². The topological polar surface area (TPSA) is 90.9 Å². The molecule has 0 aliphatic heterocycles. The summed E-state index contributed by atoms with van der Waals surface area (Å²) in [5, 5.41) is 10.1. The van der Waals surface area contributed by atoms with Gasteiger partial charge < -0.3 is 5.32 Å². The van der Waals surface area contributed by atoms with Crippen LogP contribution in [-0.2, 0) is 20.1 Å². The summed E-state index contributed by atoms with van der Waals surface area (Å²) in [7, 11) is 3.07. The minimum absolute atomic E-state index is 0.168. The van der Waals surface area contributed by atoms with Gasteiger partial charge in [0.25, 0.3) is 11.5 Å². The highest BCUT2D eigenvalue weighted by atomic mass is 16.2. The van der Waals surface area contributed by atoms with Gasteiger partial charge in [-0.05, 0) is 34.4 Å². The molecule has 2 heterocycles. The SMILES string of the molecule is CNC(=O)c1cccc(-c2c3c(=O)n(C)c(=O)n(CC(C)C)c3nn2Cc2cccc3ccccc23)c1. The molecule has 0 spiro atoms. The minimum atomic E-state index is -0.412. The molecule has 0 unspecified atom stereocenters. The summed E-state index contributed by atoms with van der Waals surface area (Å²) in [5.41, 5.74) is 2.30. The third-order valence-corrected chi connectivity index (χ3v) is 6.60. The number of nitrogens with zero attached hydrogens (tertiary/aromatic N) is 4. The van der Waals surface area contributed by atoms with Gasteiger partial charge >= 0.3 is 5.69 Å². The van der Waals surface area contributed by atoms with Crippen molar-refractivity contribution >= 4 is 27.7 Å². The van der Waals surface area contributed by atoms with E-state index in [-0.39, 0.29) is 11.8 Å². The van der Waals surface area contributed by atoms with Crippen molar-refractivity contribution in [1.29, 1.82) is 0 Å². The molecule has 0 atom stereocenters. The molecule has 0 fully saturated rings. The van der Waals surface area contributed by atoms with Gasteiger partial charge in [0.15, 0.2) is 5.65 Å². The lowest BCUT2D eigenvalue weighted by Crippen LogP contribution is -2.38. The monoisotopic (exact) mass is 495 g/mol. The molecule has 37 heavy (non-hydrogen) atoms. The van der Waals surface area contributed by atoms with Crippen molar-refractivity contribution in [2.24, 2.45) is 13.0 Å². The van der Waals surface area contributed by atoms with Crippen LogP contribution < -0.4 is 16.6 Å².